The number of amides is 1. The number of carbonyl (C=O) groups is 1. The smallest absolute Gasteiger partial charge is 0.322 e. The molecule has 0 spiro atoms. The SMILES string of the molecule is COc1cccc(OC)c1C(=O)Nc1nnc(-c2ccccn2)o1. The van der Waals surface area contributed by atoms with Gasteiger partial charge in [-0.15, -0.1) is 5.10 Å². The van der Waals surface area contributed by atoms with Crippen LogP contribution in [0.2, 0.25) is 0 Å². The van der Waals surface area contributed by atoms with Crippen molar-refractivity contribution in [1.29, 1.82) is 0 Å². The third-order valence-corrected chi connectivity index (χ3v) is 3.18. The second kappa shape index (κ2) is 6.78. The van der Waals surface area contributed by atoms with Crippen LogP contribution in [0.25, 0.3) is 11.6 Å². The van der Waals surface area contributed by atoms with Gasteiger partial charge in [0, 0.05) is 6.20 Å². The van der Waals surface area contributed by atoms with Crippen LogP contribution in [0.5, 0.6) is 11.5 Å². The van der Waals surface area contributed by atoms with E-state index in [9.17, 15) is 4.79 Å². The minimum absolute atomic E-state index is 0.0476. The Balaban J connectivity index is 1.85. The van der Waals surface area contributed by atoms with E-state index in [4.69, 9.17) is 13.9 Å². The average Bonchev–Trinajstić information content (AvgIpc) is 3.10. The van der Waals surface area contributed by atoms with Crippen LogP contribution in [0.15, 0.2) is 47.0 Å². The number of anilines is 1. The first-order valence-electron chi connectivity index (χ1n) is 7.00. The van der Waals surface area contributed by atoms with E-state index in [1.807, 2.05) is 0 Å². The largest absolute Gasteiger partial charge is 0.496 e. The van der Waals surface area contributed by atoms with Crippen LogP contribution in [-0.4, -0.2) is 35.3 Å². The number of rotatable bonds is 5. The highest BCUT2D eigenvalue weighted by molar-refractivity contribution is 6.07. The minimum Gasteiger partial charge on any atom is -0.496 e. The lowest BCUT2D eigenvalue weighted by Crippen LogP contribution is -2.14. The summed E-state index contributed by atoms with van der Waals surface area (Å²) in [5.74, 6) is 0.464. The lowest BCUT2D eigenvalue weighted by molar-refractivity contribution is 0.101. The molecule has 24 heavy (non-hydrogen) atoms. The Labute approximate surface area is 137 Å². The number of carbonyl (C=O) groups excluding carboxylic acids is 1. The number of pyridine rings is 1. The lowest BCUT2D eigenvalue weighted by Gasteiger charge is -2.11. The molecule has 3 rings (SSSR count). The van der Waals surface area contributed by atoms with E-state index < -0.39 is 5.91 Å². The first-order valence-corrected chi connectivity index (χ1v) is 7.00. The first-order chi connectivity index (χ1) is 11.7. The molecule has 1 N–H and O–H groups in total. The van der Waals surface area contributed by atoms with Crippen molar-refractivity contribution in [2.24, 2.45) is 0 Å². The van der Waals surface area contributed by atoms with Gasteiger partial charge in [-0.25, -0.2) is 0 Å². The number of hydrogen-bond acceptors (Lipinski definition) is 7. The maximum absolute atomic E-state index is 12.5. The first kappa shape index (κ1) is 15.5. The van der Waals surface area contributed by atoms with Crippen LogP contribution in [0.3, 0.4) is 0 Å². The molecule has 2 aromatic heterocycles. The van der Waals surface area contributed by atoms with Crippen LogP contribution in [0.4, 0.5) is 6.01 Å². The van der Waals surface area contributed by atoms with Crippen molar-refractivity contribution in [2.75, 3.05) is 19.5 Å². The van der Waals surface area contributed by atoms with E-state index in [2.05, 4.69) is 20.5 Å². The summed E-state index contributed by atoms with van der Waals surface area (Å²) >= 11 is 0. The molecule has 0 aliphatic carbocycles. The van der Waals surface area contributed by atoms with Gasteiger partial charge in [0.25, 0.3) is 11.8 Å². The summed E-state index contributed by atoms with van der Waals surface area (Å²) in [7, 11) is 2.94. The number of methoxy groups -OCH3 is 2. The van der Waals surface area contributed by atoms with Gasteiger partial charge in [0.05, 0.1) is 14.2 Å². The number of nitrogens with zero attached hydrogens (tertiary/aromatic N) is 3. The van der Waals surface area contributed by atoms with Crippen molar-refractivity contribution in [3.63, 3.8) is 0 Å². The van der Waals surface area contributed by atoms with Crippen LogP contribution in [0.1, 0.15) is 10.4 Å². The zero-order valence-electron chi connectivity index (χ0n) is 13.0. The summed E-state index contributed by atoms with van der Waals surface area (Å²) in [5.41, 5.74) is 0.750. The minimum atomic E-state index is -0.486. The summed E-state index contributed by atoms with van der Waals surface area (Å²) in [6.07, 6.45) is 1.61. The van der Waals surface area contributed by atoms with Gasteiger partial charge in [0.1, 0.15) is 22.8 Å². The van der Waals surface area contributed by atoms with Crippen molar-refractivity contribution < 1.29 is 18.7 Å². The number of aromatic nitrogens is 3. The molecule has 0 aliphatic rings. The average molecular weight is 326 g/mol. The van der Waals surface area contributed by atoms with Crippen molar-refractivity contribution in [2.45, 2.75) is 0 Å². The molecule has 0 radical (unpaired) electrons. The number of hydrogen-bond donors (Lipinski definition) is 1. The highest BCUT2D eigenvalue weighted by Gasteiger charge is 2.20. The molecule has 122 valence electrons. The Morgan fingerprint density at radius 2 is 1.79 bits per heavy atom. The lowest BCUT2D eigenvalue weighted by atomic mass is 10.1. The molecule has 8 heteroatoms. The number of nitrogens with one attached hydrogen (secondary N) is 1. The fourth-order valence-electron chi connectivity index (χ4n) is 2.10. The molecular weight excluding hydrogens is 312 g/mol. The Morgan fingerprint density at radius 1 is 1.04 bits per heavy atom. The Bertz CT molecular complexity index is 826. The molecule has 0 saturated heterocycles. The quantitative estimate of drug-likeness (QED) is 0.768. The number of benzene rings is 1. The van der Waals surface area contributed by atoms with Gasteiger partial charge in [-0.2, -0.15) is 0 Å². The van der Waals surface area contributed by atoms with Crippen molar-refractivity contribution in [1.82, 2.24) is 15.2 Å². The van der Waals surface area contributed by atoms with Gasteiger partial charge in [0.15, 0.2) is 0 Å². The second-order valence-corrected chi connectivity index (χ2v) is 4.62. The highest BCUT2D eigenvalue weighted by Crippen LogP contribution is 2.29. The van der Waals surface area contributed by atoms with Crippen LogP contribution in [-0.2, 0) is 0 Å². The molecule has 1 aromatic carbocycles. The fourth-order valence-corrected chi connectivity index (χ4v) is 2.10. The molecule has 0 bridgehead atoms. The van der Waals surface area contributed by atoms with Gasteiger partial charge < -0.3 is 13.9 Å². The second-order valence-electron chi connectivity index (χ2n) is 4.62. The van der Waals surface area contributed by atoms with Crippen LogP contribution in [0, 0.1) is 0 Å². The number of ether oxygens (including phenoxy) is 2. The molecule has 0 unspecified atom stereocenters. The Kier molecular flexibility index (Phi) is 4.37. The summed E-state index contributed by atoms with van der Waals surface area (Å²) in [5, 5.41) is 10.2. The maximum atomic E-state index is 12.5. The molecule has 0 atom stereocenters. The topological polar surface area (TPSA) is 99.4 Å². The van der Waals surface area contributed by atoms with Gasteiger partial charge in [-0.1, -0.05) is 17.2 Å². The zero-order chi connectivity index (χ0) is 16.9. The molecule has 8 nitrogen and oxygen atoms in total. The van der Waals surface area contributed by atoms with Gasteiger partial charge in [-0.3, -0.25) is 15.1 Å². The Morgan fingerprint density at radius 3 is 2.42 bits per heavy atom. The van der Waals surface area contributed by atoms with E-state index in [1.165, 1.54) is 14.2 Å². The van der Waals surface area contributed by atoms with Crippen molar-refractivity contribution >= 4 is 11.9 Å². The predicted molar refractivity (Wildman–Crippen MR) is 85.0 cm³/mol. The maximum Gasteiger partial charge on any atom is 0.322 e. The summed E-state index contributed by atoms with van der Waals surface area (Å²) < 4.78 is 15.8. The summed E-state index contributed by atoms with van der Waals surface area (Å²) in [4.78, 5) is 16.6. The fraction of sp³-hybridized carbons (Fsp3) is 0.125. The molecule has 0 aliphatic heterocycles. The van der Waals surface area contributed by atoms with E-state index in [1.54, 1.807) is 42.6 Å². The summed E-state index contributed by atoms with van der Waals surface area (Å²) in [6, 6.07) is 10.3. The molecule has 1 amide bonds. The monoisotopic (exact) mass is 326 g/mol. The highest BCUT2D eigenvalue weighted by atomic mass is 16.5. The van der Waals surface area contributed by atoms with Crippen LogP contribution >= 0.6 is 0 Å². The van der Waals surface area contributed by atoms with E-state index in [-0.39, 0.29) is 17.5 Å². The molecule has 0 fully saturated rings. The van der Waals surface area contributed by atoms with E-state index in [0.29, 0.717) is 17.2 Å². The molecular formula is C16H14N4O4. The van der Waals surface area contributed by atoms with Gasteiger partial charge in [0.2, 0.25) is 0 Å². The van der Waals surface area contributed by atoms with Crippen LogP contribution < -0.4 is 14.8 Å². The van der Waals surface area contributed by atoms with Gasteiger partial charge in [-0.05, 0) is 24.3 Å². The third-order valence-electron chi connectivity index (χ3n) is 3.18. The Hall–Kier alpha value is -3.42. The third kappa shape index (κ3) is 3.02. The normalized spacial score (nSPS) is 10.2. The van der Waals surface area contributed by atoms with E-state index in [0.717, 1.165) is 0 Å². The zero-order valence-corrected chi connectivity index (χ0v) is 13.0. The summed E-state index contributed by atoms with van der Waals surface area (Å²) in [6.45, 7) is 0. The predicted octanol–water partition coefficient (Wildman–Crippen LogP) is 2.40. The molecule has 0 saturated carbocycles. The van der Waals surface area contributed by atoms with Gasteiger partial charge >= 0.3 is 6.01 Å². The van der Waals surface area contributed by atoms with Crippen molar-refractivity contribution in [3.05, 3.63) is 48.2 Å². The molecule has 2 heterocycles. The molecule has 3 aromatic rings. The van der Waals surface area contributed by atoms with E-state index >= 15 is 0 Å². The standard InChI is InChI=1S/C16H14N4O4/c1-22-11-7-5-8-12(23-2)13(11)14(21)18-16-20-19-15(24-16)10-6-3-4-9-17-10/h3-9H,1-2H3,(H,18,20,21). The van der Waals surface area contributed by atoms with Crippen molar-refractivity contribution in [3.8, 4) is 23.1 Å².